The van der Waals surface area contributed by atoms with Gasteiger partial charge in [-0.15, -0.1) is 0 Å². The molecule has 28 heavy (non-hydrogen) atoms. The molecule has 0 atom stereocenters. The number of rotatable bonds is 3. The Morgan fingerprint density at radius 2 is 1.18 bits per heavy atom. The number of benzene rings is 5. The van der Waals surface area contributed by atoms with Gasteiger partial charge in [0.1, 0.15) is 0 Å². The van der Waals surface area contributed by atoms with Crippen LogP contribution in [-0.4, -0.2) is 0 Å². The SMILES string of the molecule is Cc1ccc(N(c2ccccc2)c2ccc3ccccc3c2)c2ccccc12. The Bertz CT molecular complexity index is 1270. The zero-order valence-electron chi connectivity index (χ0n) is 15.8. The fraction of sp³-hybridized carbons (Fsp3) is 0.0370. The molecule has 0 aliphatic heterocycles. The summed E-state index contributed by atoms with van der Waals surface area (Å²) in [6.45, 7) is 2.18. The van der Waals surface area contributed by atoms with Gasteiger partial charge >= 0.3 is 0 Å². The number of fused-ring (bicyclic) bond motifs is 2. The summed E-state index contributed by atoms with van der Waals surface area (Å²) in [7, 11) is 0. The summed E-state index contributed by atoms with van der Waals surface area (Å²) >= 11 is 0. The van der Waals surface area contributed by atoms with E-state index in [9.17, 15) is 0 Å². The van der Waals surface area contributed by atoms with Crippen LogP contribution in [0.2, 0.25) is 0 Å². The van der Waals surface area contributed by atoms with E-state index < -0.39 is 0 Å². The van der Waals surface area contributed by atoms with Gasteiger partial charge in [-0.25, -0.2) is 0 Å². The van der Waals surface area contributed by atoms with E-state index >= 15 is 0 Å². The fourth-order valence-corrected chi connectivity index (χ4v) is 3.95. The van der Waals surface area contributed by atoms with E-state index in [4.69, 9.17) is 0 Å². The summed E-state index contributed by atoms with van der Waals surface area (Å²) in [5, 5.41) is 5.06. The van der Waals surface area contributed by atoms with Crippen LogP contribution in [0.1, 0.15) is 5.56 Å². The Balaban J connectivity index is 1.80. The summed E-state index contributed by atoms with van der Waals surface area (Å²) in [4.78, 5) is 2.36. The second-order valence-corrected chi connectivity index (χ2v) is 7.15. The molecule has 0 aliphatic rings. The molecule has 1 heteroatoms. The van der Waals surface area contributed by atoms with Crippen molar-refractivity contribution in [3.05, 3.63) is 115 Å². The predicted octanol–water partition coefficient (Wildman–Crippen LogP) is 7.77. The molecule has 5 aromatic rings. The summed E-state index contributed by atoms with van der Waals surface area (Å²) in [6.07, 6.45) is 0. The van der Waals surface area contributed by atoms with Gasteiger partial charge in [-0.3, -0.25) is 0 Å². The van der Waals surface area contributed by atoms with E-state index in [-0.39, 0.29) is 0 Å². The molecule has 0 aromatic heterocycles. The maximum atomic E-state index is 2.36. The lowest BCUT2D eigenvalue weighted by atomic mass is 10.0. The van der Waals surface area contributed by atoms with Gasteiger partial charge in [-0.2, -0.15) is 0 Å². The molecule has 0 saturated carbocycles. The lowest BCUT2D eigenvalue weighted by molar-refractivity contribution is 1.30. The van der Waals surface area contributed by atoms with E-state index in [2.05, 4.69) is 121 Å². The smallest absolute Gasteiger partial charge is 0.0540 e. The zero-order chi connectivity index (χ0) is 18.9. The summed E-state index contributed by atoms with van der Waals surface area (Å²) in [5.74, 6) is 0. The third-order valence-corrected chi connectivity index (χ3v) is 5.37. The highest BCUT2D eigenvalue weighted by Gasteiger charge is 2.15. The lowest BCUT2D eigenvalue weighted by Gasteiger charge is -2.27. The molecular formula is C27H21N. The first-order valence-electron chi connectivity index (χ1n) is 9.63. The van der Waals surface area contributed by atoms with E-state index in [0.717, 1.165) is 5.69 Å². The summed E-state index contributed by atoms with van der Waals surface area (Å²) in [6, 6.07) is 38.9. The van der Waals surface area contributed by atoms with Crippen LogP contribution in [0.5, 0.6) is 0 Å². The zero-order valence-corrected chi connectivity index (χ0v) is 15.8. The molecule has 5 aromatic carbocycles. The minimum atomic E-state index is 1.16. The second-order valence-electron chi connectivity index (χ2n) is 7.15. The van der Waals surface area contributed by atoms with Crippen molar-refractivity contribution in [2.45, 2.75) is 6.92 Å². The van der Waals surface area contributed by atoms with Gasteiger partial charge in [-0.1, -0.05) is 78.9 Å². The minimum absolute atomic E-state index is 1.16. The van der Waals surface area contributed by atoms with Gasteiger partial charge < -0.3 is 4.90 Å². The number of hydrogen-bond donors (Lipinski definition) is 0. The Hall–Kier alpha value is -3.58. The van der Waals surface area contributed by atoms with Gasteiger partial charge in [0.05, 0.1) is 5.69 Å². The molecule has 0 N–H and O–H groups in total. The van der Waals surface area contributed by atoms with Crippen molar-refractivity contribution in [1.82, 2.24) is 0 Å². The van der Waals surface area contributed by atoms with Crippen molar-refractivity contribution in [3.63, 3.8) is 0 Å². The number of para-hydroxylation sites is 1. The summed E-state index contributed by atoms with van der Waals surface area (Å²) in [5.41, 5.74) is 4.82. The van der Waals surface area contributed by atoms with Crippen molar-refractivity contribution >= 4 is 38.6 Å². The average molecular weight is 359 g/mol. The average Bonchev–Trinajstić information content (AvgIpc) is 2.76. The molecule has 1 nitrogen and oxygen atoms in total. The van der Waals surface area contributed by atoms with Crippen LogP contribution in [0.4, 0.5) is 17.1 Å². The van der Waals surface area contributed by atoms with E-state index in [1.54, 1.807) is 0 Å². The number of anilines is 3. The highest BCUT2D eigenvalue weighted by atomic mass is 15.1. The van der Waals surface area contributed by atoms with Gasteiger partial charge in [0.25, 0.3) is 0 Å². The molecule has 0 amide bonds. The van der Waals surface area contributed by atoms with Crippen LogP contribution in [0, 0.1) is 6.92 Å². The number of nitrogens with zero attached hydrogens (tertiary/aromatic N) is 1. The normalized spacial score (nSPS) is 11.0. The number of hydrogen-bond acceptors (Lipinski definition) is 1. The molecule has 0 unspecified atom stereocenters. The van der Waals surface area contributed by atoms with Crippen molar-refractivity contribution in [1.29, 1.82) is 0 Å². The van der Waals surface area contributed by atoms with Crippen molar-refractivity contribution in [3.8, 4) is 0 Å². The first-order valence-corrected chi connectivity index (χ1v) is 9.63. The van der Waals surface area contributed by atoms with E-state index in [1.165, 1.54) is 38.5 Å². The van der Waals surface area contributed by atoms with E-state index in [0.29, 0.717) is 0 Å². The molecule has 0 aliphatic carbocycles. The van der Waals surface area contributed by atoms with Gasteiger partial charge in [0.15, 0.2) is 0 Å². The molecule has 0 saturated heterocycles. The van der Waals surface area contributed by atoms with E-state index in [1.807, 2.05) is 0 Å². The van der Waals surface area contributed by atoms with Crippen molar-refractivity contribution < 1.29 is 0 Å². The summed E-state index contributed by atoms with van der Waals surface area (Å²) < 4.78 is 0. The first-order chi connectivity index (χ1) is 13.8. The van der Waals surface area contributed by atoms with Gasteiger partial charge in [-0.05, 0) is 59.0 Å². The van der Waals surface area contributed by atoms with Crippen LogP contribution in [0.3, 0.4) is 0 Å². The lowest BCUT2D eigenvalue weighted by Crippen LogP contribution is -2.10. The van der Waals surface area contributed by atoms with Crippen LogP contribution in [0.25, 0.3) is 21.5 Å². The molecular weight excluding hydrogens is 338 g/mol. The van der Waals surface area contributed by atoms with Crippen LogP contribution in [0.15, 0.2) is 109 Å². The molecule has 134 valence electrons. The highest BCUT2D eigenvalue weighted by Crippen LogP contribution is 2.40. The first kappa shape index (κ1) is 16.6. The quantitative estimate of drug-likeness (QED) is 0.318. The van der Waals surface area contributed by atoms with Gasteiger partial charge in [0, 0.05) is 16.8 Å². The maximum Gasteiger partial charge on any atom is 0.0540 e. The Morgan fingerprint density at radius 3 is 2.00 bits per heavy atom. The molecule has 0 spiro atoms. The van der Waals surface area contributed by atoms with Crippen LogP contribution < -0.4 is 4.90 Å². The Labute approximate surface area is 165 Å². The minimum Gasteiger partial charge on any atom is -0.310 e. The third kappa shape index (κ3) is 2.82. The standard InChI is InChI=1S/C27H21N/c1-20-15-18-27(26-14-8-7-13-25(20)26)28(23-11-3-2-4-12-23)24-17-16-21-9-5-6-10-22(21)19-24/h2-19H,1H3. The predicted molar refractivity (Wildman–Crippen MR) is 121 cm³/mol. The highest BCUT2D eigenvalue weighted by molar-refractivity contribution is 6.01. The second kappa shape index (κ2) is 6.86. The van der Waals surface area contributed by atoms with Crippen LogP contribution in [-0.2, 0) is 0 Å². The molecule has 0 bridgehead atoms. The van der Waals surface area contributed by atoms with Crippen molar-refractivity contribution in [2.75, 3.05) is 4.90 Å². The fourth-order valence-electron chi connectivity index (χ4n) is 3.95. The van der Waals surface area contributed by atoms with Crippen molar-refractivity contribution in [2.24, 2.45) is 0 Å². The molecule has 5 rings (SSSR count). The Kier molecular flexibility index (Phi) is 4.06. The Morgan fingerprint density at radius 1 is 0.500 bits per heavy atom. The number of aryl methyl sites for hydroxylation is 1. The maximum absolute atomic E-state index is 2.36. The molecule has 0 heterocycles. The third-order valence-electron chi connectivity index (χ3n) is 5.37. The monoisotopic (exact) mass is 359 g/mol. The van der Waals surface area contributed by atoms with Gasteiger partial charge in [0.2, 0.25) is 0 Å². The van der Waals surface area contributed by atoms with Crippen LogP contribution >= 0.6 is 0 Å². The molecule has 0 fully saturated rings. The topological polar surface area (TPSA) is 3.24 Å². The molecule has 0 radical (unpaired) electrons. The largest absolute Gasteiger partial charge is 0.310 e.